The number of H-pyrrole nitrogens is 1. The third kappa shape index (κ3) is 2.79. The van der Waals surface area contributed by atoms with Gasteiger partial charge in [0, 0.05) is 21.9 Å². The van der Waals surface area contributed by atoms with Crippen molar-refractivity contribution in [2.24, 2.45) is 0 Å². The number of aromatic amines is 1. The Morgan fingerprint density at radius 3 is 1.91 bits per heavy atom. The molecule has 1 heteroatoms. The fourth-order valence-electron chi connectivity index (χ4n) is 5.24. The Morgan fingerprint density at radius 1 is 0.394 bits per heavy atom. The molecule has 6 aromatic carbocycles. The standard InChI is InChI=1S/C32H21N/c1-2-10-21(11-3-1)23-19-29-27-16-8-9-17-31(27)33-32(29)30(20-23)28-18-22-12-4-5-13-24(22)25-14-6-7-15-26(25)28/h1-20,33H. The predicted octanol–water partition coefficient (Wildman–Crippen LogP) is 8.96. The summed E-state index contributed by atoms with van der Waals surface area (Å²) >= 11 is 0. The number of fused-ring (bicyclic) bond motifs is 6. The molecule has 33 heavy (non-hydrogen) atoms. The molecule has 154 valence electrons. The van der Waals surface area contributed by atoms with Gasteiger partial charge in [-0.25, -0.2) is 0 Å². The minimum atomic E-state index is 1.17. The van der Waals surface area contributed by atoms with Gasteiger partial charge >= 0.3 is 0 Å². The van der Waals surface area contributed by atoms with Crippen molar-refractivity contribution in [3.8, 4) is 22.3 Å². The van der Waals surface area contributed by atoms with Crippen molar-refractivity contribution < 1.29 is 0 Å². The number of rotatable bonds is 2. The zero-order chi connectivity index (χ0) is 21.8. The van der Waals surface area contributed by atoms with Gasteiger partial charge in [-0.1, -0.05) is 97.1 Å². The topological polar surface area (TPSA) is 15.8 Å². The summed E-state index contributed by atoms with van der Waals surface area (Å²) < 4.78 is 0. The van der Waals surface area contributed by atoms with Crippen LogP contribution in [0.25, 0.3) is 65.6 Å². The van der Waals surface area contributed by atoms with Crippen LogP contribution in [0, 0.1) is 0 Å². The highest BCUT2D eigenvalue weighted by atomic mass is 14.7. The first-order valence-electron chi connectivity index (χ1n) is 11.4. The Kier molecular flexibility index (Phi) is 3.91. The minimum Gasteiger partial charge on any atom is -0.354 e. The Hall–Kier alpha value is -4.36. The molecule has 1 heterocycles. The van der Waals surface area contributed by atoms with E-state index in [0.717, 1.165) is 0 Å². The van der Waals surface area contributed by atoms with Gasteiger partial charge in [-0.05, 0) is 62.5 Å². The third-order valence-corrected chi connectivity index (χ3v) is 6.78. The average Bonchev–Trinajstić information content (AvgIpc) is 3.27. The summed E-state index contributed by atoms with van der Waals surface area (Å²) in [4.78, 5) is 3.74. The van der Waals surface area contributed by atoms with E-state index < -0.39 is 0 Å². The highest BCUT2D eigenvalue weighted by Crippen LogP contribution is 2.41. The number of aromatic nitrogens is 1. The first-order valence-corrected chi connectivity index (χ1v) is 11.4. The molecule has 1 nitrogen and oxygen atoms in total. The van der Waals surface area contributed by atoms with Crippen molar-refractivity contribution in [3.05, 3.63) is 121 Å². The first-order chi connectivity index (χ1) is 16.4. The fourth-order valence-corrected chi connectivity index (χ4v) is 5.24. The van der Waals surface area contributed by atoms with Crippen LogP contribution in [-0.2, 0) is 0 Å². The Morgan fingerprint density at radius 2 is 1.06 bits per heavy atom. The quantitative estimate of drug-likeness (QED) is 0.269. The summed E-state index contributed by atoms with van der Waals surface area (Å²) in [5.41, 5.74) is 7.33. The summed E-state index contributed by atoms with van der Waals surface area (Å²) in [5, 5.41) is 7.65. The van der Waals surface area contributed by atoms with Gasteiger partial charge in [0.15, 0.2) is 0 Å². The van der Waals surface area contributed by atoms with Gasteiger partial charge in [-0.2, -0.15) is 0 Å². The highest BCUT2D eigenvalue weighted by Gasteiger charge is 2.16. The molecular formula is C32H21N. The molecule has 0 saturated heterocycles. The maximum Gasteiger partial charge on any atom is 0.0545 e. The molecule has 0 amide bonds. The lowest BCUT2D eigenvalue weighted by molar-refractivity contribution is 1.54. The molecule has 0 atom stereocenters. The minimum absolute atomic E-state index is 1.17. The second-order valence-electron chi connectivity index (χ2n) is 8.67. The van der Waals surface area contributed by atoms with Crippen molar-refractivity contribution in [1.29, 1.82) is 0 Å². The number of hydrogen-bond donors (Lipinski definition) is 1. The molecule has 0 aliphatic rings. The largest absolute Gasteiger partial charge is 0.354 e. The lowest BCUT2D eigenvalue weighted by atomic mass is 9.90. The van der Waals surface area contributed by atoms with Gasteiger partial charge in [0.25, 0.3) is 0 Å². The molecule has 0 spiro atoms. The molecule has 7 aromatic rings. The number of para-hydroxylation sites is 1. The second-order valence-corrected chi connectivity index (χ2v) is 8.67. The average molecular weight is 420 g/mol. The van der Waals surface area contributed by atoms with E-state index in [-0.39, 0.29) is 0 Å². The normalized spacial score (nSPS) is 11.6. The summed E-state index contributed by atoms with van der Waals surface area (Å²) in [6.45, 7) is 0. The summed E-state index contributed by atoms with van der Waals surface area (Å²) in [5.74, 6) is 0. The van der Waals surface area contributed by atoms with Crippen LogP contribution in [0.3, 0.4) is 0 Å². The molecule has 1 aromatic heterocycles. The SMILES string of the molecule is c1ccc(-c2cc(-c3cc4ccccc4c4ccccc34)c3[nH]c4ccccc4c3c2)cc1. The lowest BCUT2D eigenvalue weighted by Crippen LogP contribution is -1.88. The summed E-state index contributed by atoms with van der Waals surface area (Å²) in [6, 6.07) is 43.8. The van der Waals surface area contributed by atoms with Gasteiger partial charge in [-0.3, -0.25) is 0 Å². The molecule has 0 bridgehead atoms. The lowest BCUT2D eigenvalue weighted by Gasteiger charge is -2.14. The molecule has 0 saturated carbocycles. The van der Waals surface area contributed by atoms with Crippen molar-refractivity contribution in [2.45, 2.75) is 0 Å². The maximum atomic E-state index is 3.74. The Labute approximate surface area is 191 Å². The number of hydrogen-bond acceptors (Lipinski definition) is 0. The van der Waals surface area contributed by atoms with E-state index in [4.69, 9.17) is 0 Å². The van der Waals surface area contributed by atoms with E-state index in [1.54, 1.807) is 0 Å². The van der Waals surface area contributed by atoms with Crippen LogP contribution < -0.4 is 0 Å². The molecular weight excluding hydrogens is 398 g/mol. The summed E-state index contributed by atoms with van der Waals surface area (Å²) in [7, 11) is 0. The molecule has 0 unspecified atom stereocenters. The van der Waals surface area contributed by atoms with Gasteiger partial charge in [0.1, 0.15) is 0 Å². The molecule has 0 radical (unpaired) electrons. The Bertz CT molecular complexity index is 1810. The van der Waals surface area contributed by atoms with Gasteiger partial charge in [0.2, 0.25) is 0 Å². The third-order valence-electron chi connectivity index (χ3n) is 6.78. The van der Waals surface area contributed by atoms with Crippen LogP contribution >= 0.6 is 0 Å². The highest BCUT2D eigenvalue weighted by molar-refractivity contribution is 6.19. The van der Waals surface area contributed by atoms with E-state index in [1.165, 1.54) is 65.6 Å². The molecule has 0 fully saturated rings. The van der Waals surface area contributed by atoms with Gasteiger partial charge < -0.3 is 4.98 Å². The second kappa shape index (κ2) is 7.08. The zero-order valence-electron chi connectivity index (χ0n) is 18.0. The number of benzene rings is 6. The van der Waals surface area contributed by atoms with Crippen molar-refractivity contribution in [3.63, 3.8) is 0 Å². The van der Waals surface area contributed by atoms with Crippen molar-refractivity contribution in [2.75, 3.05) is 0 Å². The van der Waals surface area contributed by atoms with Crippen molar-refractivity contribution in [1.82, 2.24) is 4.98 Å². The monoisotopic (exact) mass is 419 g/mol. The molecule has 0 aliphatic heterocycles. The van der Waals surface area contributed by atoms with E-state index in [9.17, 15) is 0 Å². The van der Waals surface area contributed by atoms with Crippen LogP contribution in [-0.4, -0.2) is 4.98 Å². The first kappa shape index (κ1) is 18.2. The molecule has 0 aliphatic carbocycles. The van der Waals surface area contributed by atoms with Crippen LogP contribution in [0.15, 0.2) is 121 Å². The van der Waals surface area contributed by atoms with Gasteiger partial charge in [-0.15, -0.1) is 0 Å². The zero-order valence-corrected chi connectivity index (χ0v) is 18.0. The van der Waals surface area contributed by atoms with Crippen LogP contribution in [0.1, 0.15) is 0 Å². The molecule has 7 rings (SSSR count). The van der Waals surface area contributed by atoms with Crippen molar-refractivity contribution >= 4 is 43.4 Å². The maximum absolute atomic E-state index is 3.74. The van der Waals surface area contributed by atoms with E-state index in [0.29, 0.717) is 0 Å². The van der Waals surface area contributed by atoms with Crippen LogP contribution in [0.4, 0.5) is 0 Å². The predicted molar refractivity (Wildman–Crippen MR) is 142 cm³/mol. The van der Waals surface area contributed by atoms with E-state index in [2.05, 4.69) is 126 Å². The smallest absolute Gasteiger partial charge is 0.0545 e. The van der Waals surface area contributed by atoms with E-state index >= 15 is 0 Å². The van der Waals surface area contributed by atoms with E-state index in [1.807, 2.05) is 0 Å². The Balaban J connectivity index is 1.66. The molecule has 1 N–H and O–H groups in total. The summed E-state index contributed by atoms with van der Waals surface area (Å²) in [6.07, 6.45) is 0. The number of nitrogens with one attached hydrogen (secondary N) is 1. The van der Waals surface area contributed by atoms with Crippen LogP contribution in [0.5, 0.6) is 0 Å². The van der Waals surface area contributed by atoms with Crippen LogP contribution in [0.2, 0.25) is 0 Å². The fraction of sp³-hybridized carbons (Fsp3) is 0. The van der Waals surface area contributed by atoms with Gasteiger partial charge in [0.05, 0.1) is 5.52 Å².